The Morgan fingerprint density at radius 2 is 1.56 bits per heavy atom. The van der Waals surface area contributed by atoms with Crippen LogP contribution in [0.2, 0.25) is 0 Å². The van der Waals surface area contributed by atoms with Crippen molar-refractivity contribution in [1.29, 1.82) is 0 Å². The topological polar surface area (TPSA) is 116 Å². The normalized spacial score (nSPS) is 10.6. The van der Waals surface area contributed by atoms with Gasteiger partial charge in [-0.3, -0.25) is 4.79 Å². The van der Waals surface area contributed by atoms with Gasteiger partial charge in [0, 0.05) is 4.47 Å². The summed E-state index contributed by atoms with van der Waals surface area (Å²) in [6, 6.07) is 13.9. The largest absolute Gasteiger partial charge is 0.507 e. The lowest BCUT2D eigenvalue weighted by molar-refractivity contribution is 0.0729. The van der Waals surface area contributed by atoms with Crippen LogP contribution in [0.25, 0.3) is 0 Å². The molecule has 0 saturated carbocycles. The van der Waals surface area contributed by atoms with E-state index in [0.29, 0.717) is 21.5 Å². The van der Waals surface area contributed by atoms with Crippen molar-refractivity contribution < 1.29 is 33.6 Å². The Morgan fingerprint density at radius 3 is 2.26 bits per heavy atom. The lowest BCUT2D eigenvalue weighted by Gasteiger charge is -2.11. The van der Waals surface area contributed by atoms with Gasteiger partial charge in [-0.15, -0.1) is 0 Å². The molecule has 0 aliphatic rings. The number of phenols is 1. The average molecular weight is 529 g/mol. The van der Waals surface area contributed by atoms with E-state index in [2.05, 4.69) is 26.5 Å². The molecule has 0 atom stereocenters. The molecule has 0 radical (unpaired) electrons. The van der Waals surface area contributed by atoms with Crippen LogP contribution >= 0.6 is 15.9 Å². The Hall–Kier alpha value is -4.05. The number of nitrogens with zero attached hydrogens (tertiary/aromatic N) is 1. The van der Waals surface area contributed by atoms with Gasteiger partial charge in [0.1, 0.15) is 5.75 Å². The molecule has 0 aromatic heterocycles. The van der Waals surface area contributed by atoms with Crippen molar-refractivity contribution in [3.63, 3.8) is 0 Å². The third-order valence-corrected chi connectivity index (χ3v) is 5.09. The maximum Gasteiger partial charge on any atom is 0.343 e. The number of ether oxygens (including phenoxy) is 4. The molecule has 0 aliphatic carbocycles. The third kappa shape index (κ3) is 5.84. The summed E-state index contributed by atoms with van der Waals surface area (Å²) in [4.78, 5) is 24.8. The molecule has 0 spiro atoms. The number of phenolic OH excluding ortho intramolecular Hbond substituents is 1. The lowest BCUT2D eigenvalue weighted by atomic mass is 10.2. The minimum Gasteiger partial charge on any atom is -0.507 e. The number of carbonyl (C=O) groups is 2. The molecular formula is C24H21BrN2O7. The van der Waals surface area contributed by atoms with Crippen LogP contribution in [0.15, 0.2) is 64.2 Å². The van der Waals surface area contributed by atoms with E-state index in [1.54, 1.807) is 36.4 Å². The van der Waals surface area contributed by atoms with Crippen LogP contribution in [0, 0.1) is 0 Å². The van der Waals surface area contributed by atoms with Crippen molar-refractivity contribution in [2.24, 2.45) is 5.10 Å². The molecule has 3 aromatic rings. The Morgan fingerprint density at radius 1 is 0.882 bits per heavy atom. The Bertz CT molecular complexity index is 1240. The van der Waals surface area contributed by atoms with E-state index in [0.717, 1.165) is 0 Å². The number of hydrazone groups is 1. The predicted molar refractivity (Wildman–Crippen MR) is 128 cm³/mol. The molecule has 2 N–H and O–H groups in total. The highest BCUT2D eigenvalue weighted by molar-refractivity contribution is 9.10. The quantitative estimate of drug-likeness (QED) is 0.195. The minimum absolute atomic E-state index is 0.0709. The van der Waals surface area contributed by atoms with Crippen LogP contribution in [-0.2, 0) is 0 Å². The number of nitrogens with one attached hydrogen (secondary N) is 1. The molecule has 0 unspecified atom stereocenters. The minimum atomic E-state index is -0.609. The molecule has 3 rings (SSSR count). The summed E-state index contributed by atoms with van der Waals surface area (Å²) >= 11 is 3.25. The van der Waals surface area contributed by atoms with Gasteiger partial charge in [0.2, 0.25) is 0 Å². The molecule has 0 heterocycles. The van der Waals surface area contributed by atoms with Crippen LogP contribution in [0.3, 0.4) is 0 Å². The number of hydrogen-bond donors (Lipinski definition) is 2. The van der Waals surface area contributed by atoms with Gasteiger partial charge in [0.15, 0.2) is 23.0 Å². The molecule has 176 valence electrons. The number of halogens is 1. The first kappa shape index (κ1) is 24.6. The van der Waals surface area contributed by atoms with E-state index in [4.69, 9.17) is 18.9 Å². The first-order chi connectivity index (χ1) is 16.4. The summed E-state index contributed by atoms with van der Waals surface area (Å²) in [5.41, 5.74) is 3.25. The zero-order chi connectivity index (χ0) is 24.7. The molecule has 34 heavy (non-hydrogen) atoms. The maximum absolute atomic E-state index is 12.6. The fourth-order valence-electron chi connectivity index (χ4n) is 2.89. The number of benzene rings is 3. The van der Waals surface area contributed by atoms with Gasteiger partial charge in [-0.2, -0.15) is 5.10 Å². The number of carbonyl (C=O) groups excluding carboxylic acids is 2. The highest BCUT2D eigenvalue weighted by Crippen LogP contribution is 2.31. The first-order valence-corrected chi connectivity index (χ1v) is 10.6. The van der Waals surface area contributed by atoms with Crippen LogP contribution in [-0.4, -0.2) is 44.5 Å². The highest BCUT2D eigenvalue weighted by Gasteiger charge is 2.16. The Balaban J connectivity index is 1.71. The highest BCUT2D eigenvalue weighted by atomic mass is 79.9. The summed E-state index contributed by atoms with van der Waals surface area (Å²) in [5.74, 6) is 0.00917. The fourth-order valence-corrected chi connectivity index (χ4v) is 3.25. The zero-order valence-corrected chi connectivity index (χ0v) is 20.1. The Kier molecular flexibility index (Phi) is 8.10. The first-order valence-electron chi connectivity index (χ1n) is 9.80. The van der Waals surface area contributed by atoms with Gasteiger partial charge in [-0.25, -0.2) is 10.2 Å². The van der Waals surface area contributed by atoms with Crippen molar-refractivity contribution in [2.75, 3.05) is 21.3 Å². The second-order valence-electron chi connectivity index (χ2n) is 6.73. The van der Waals surface area contributed by atoms with Crippen molar-refractivity contribution in [3.8, 4) is 28.7 Å². The predicted octanol–water partition coefficient (Wildman–Crippen LogP) is 4.16. The van der Waals surface area contributed by atoms with Crippen molar-refractivity contribution in [2.45, 2.75) is 0 Å². The average Bonchev–Trinajstić information content (AvgIpc) is 2.85. The summed E-state index contributed by atoms with van der Waals surface area (Å²) in [6.45, 7) is 0. The molecule has 9 nitrogen and oxygen atoms in total. The summed E-state index contributed by atoms with van der Waals surface area (Å²) < 4.78 is 21.8. The standard InChI is InChI=1S/C24H21BrN2O7/c1-31-19-9-5-15(11-22(19)33-3)24(30)34-20-8-4-14(10-21(20)32-2)13-26-27-23(29)17-12-16(25)6-7-18(17)28/h4-13,28H,1-3H3,(H,27,29)/b26-13+. The van der Waals surface area contributed by atoms with Crippen molar-refractivity contribution in [1.82, 2.24) is 5.43 Å². The van der Waals surface area contributed by atoms with E-state index in [-0.39, 0.29) is 28.4 Å². The van der Waals surface area contributed by atoms with E-state index >= 15 is 0 Å². The number of hydrogen-bond acceptors (Lipinski definition) is 8. The SMILES string of the molecule is COc1ccc(C(=O)Oc2ccc(/C=N/NC(=O)c3cc(Br)ccc3O)cc2OC)cc1OC. The number of esters is 1. The molecule has 0 fully saturated rings. The molecule has 0 saturated heterocycles. The van der Waals surface area contributed by atoms with Gasteiger partial charge in [0.25, 0.3) is 5.91 Å². The second-order valence-corrected chi connectivity index (χ2v) is 7.65. The van der Waals surface area contributed by atoms with E-state index in [1.165, 1.54) is 45.7 Å². The smallest absolute Gasteiger partial charge is 0.343 e. The lowest BCUT2D eigenvalue weighted by Crippen LogP contribution is -2.17. The van der Waals surface area contributed by atoms with Crippen LogP contribution < -0.4 is 24.4 Å². The molecule has 0 aliphatic heterocycles. The van der Waals surface area contributed by atoms with Gasteiger partial charge in [-0.05, 0) is 60.2 Å². The fraction of sp³-hybridized carbons (Fsp3) is 0.125. The van der Waals surface area contributed by atoms with Crippen LogP contribution in [0.4, 0.5) is 0 Å². The second kappa shape index (κ2) is 11.2. The number of methoxy groups -OCH3 is 3. The number of rotatable bonds is 8. The summed E-state index contributed by atoms with van der Waals surface area (Å²) in [6.07, 6.45) is 1.38. The van der Waals surface area contributed by atoms with E-state index < -0.39 is 11.9 Å². The number of amides is 1. The van der Waals surface area contributed by atoms with Crippen molar-refractivity contribution >= 4 is 34.0 Å². The van der Waals surface area contributed by atoms with E-state index in [1.807, 2.05) is 0 Å². The molecular weight excluding hydrogens is 508 g/mol. The molecule has 0 bridgehead atoms. The summed E-state index contributed by atoms with van der Waals surface area (Å²) in [7, 11) is 4.41. The molecule has 1 amide bonds. The summed E-state index contributed by atoms with van der Waals surface area (Å²) in [5, 5.41) is 13.7. The maximum atomic E-state index is 12.6. The van der Waals surface area contributed by atoms with Gasteiger partial charge < -0.3 is 24.1 Å². The molecule has 3 aromatic carbocycles. The monoisotopic (exact) mass is 528 g/mol. The van der Waals surface area contributed by atoms with E-state index in [9.17, 15) is 14.7 Å². The van der Waals surface area contributed by atoms with Crippen molar-refractivity contribution in [3.05, 3.63) is 75.8 Å². The van der Waals surface area contributed by atoms with Gasteiger partial charge in [-0.1, -0.05) is 15.9 Å². The molecule has 10 heteroatoms. The van der Waals surface area contributed by atoms with Crippen LogP contribution in [0.1, 0.15) is 26.3 Å². The zero-order valence-electron chi connectivity index (χ0n) is 18.5. The number of aromatic hydroxyl groups is 1. The third-order valence-electron chi connectivity index (χ3n) is 4.59. The van der Waals surface area contributed by atoms with Crippen LogP contribution in [0.5, 0.6) is 28.7 Å². The van der Waals surface area contributed by atoms with Gasteiger partial charge in [0.05, 0.1) is 38.7 Å². The Labute approximate surface area is 204 Å². The van der Waals surface area contributed by atoms with Gasteiger partial charge >= 0.3 is 5.97 Å².